The number of hydrogen-bond donors (Lipinski definition) is 3. The van der Waals surface area contributed by atoms with Crippen molar-refractivity contribution in [2.45, 2.75) is 38.5 Å². The SMILES string of the molecule is CC(C)NCC(O)COC(=O)[C@@H](N)Cc1ccccc1-n1cccc1. The summed E-state index contributed by atoms with van der Waals surface area (Å²) < 4.78 is 7.12. The number of ether oxygens (including phenoxy) is 1. The number of rotatable bonds is 9. The summed E-state index contributed by atoms with van der Waals surface area (Å²) in [5, 5.41) is 12.9. The molecule has 0 saturated heterocycles. The highest BCUT2D eigenvalue weighted by Gasteiger charge is 2.19. The van der Waals surface area contributed by atoms with Gasteiger partial charge in [0.2, 0.25) is 0 Å². The van der Waals surface area contributed by atoms with Gasteiger partial charge in [-0.3, -0.25) is 4.79 Å². The van der Waals surface area contributed by atoms with Gasteiger partial charge in [-0.15, -0.1) is 0 Å². The van der Waals surface area contributed by atoms with Crippen molar-refractivity contribution in [3.8, 4) is 5.69 Å². The van der Waals surface area contributed by atoms with E-state index in [-0.39, 0.29) is 12.6 Å². The third-order valence-electron chi connectivity index (χ3n) is 3.80. The van der Waals surface area contributed by atoms with Crippen molar-refractivity contribution < 1.29 is 14.6 Å². The fourth-order valence-corrected chi connectivity index (χ4v) is 2.47. The molecule has 2 rings (SSSR count). The van der Waals surface area contributed by atoms with Gasteiger partial charge in [-0.1, -0.05) is 32.0 Å². The van der Waals surface area contributed by atoms with Crippen LogP contribution in [0, 0.1) is 0 Å². The molecule has 6 heteroatoms. The molecule has 0 aliphatic heterocycles. The van der Waals surface area contributed by atoms with E-state index < -0.39 is 18.1 Å². The average molecular weight is 345 g/mol. The van der Waals surface area contributed by atoms with Gasteiger partial charge < -0.3 is 25.5 Å². The second-order valence-corrected chi connectivity index (χ2v) is 6.38. The Kier molecular flexibility index (Phi) is 7.18. The number of carbonyl (C=O) groups excluding carboxylic acids is 1. The summed E-state index contributed by atoms with van der Waals surface area (Å²) in [5.74, 6) is -0.508. The number of nitrogens with one attached hydrogen (secondary N) is 1. The van der Waals surface area contributed by atoms with Crippen molar-refractivity contribution in [3.63, 3.8) is 0 Å². The molecule has 136 valence electrons. The fraction of sp³-hybridized carbons (Fsp3) is 0.421. The number of esters is 1. The predicted molar refractivity (Wildman–Crippen MR) is 97.6 cm³/mol. The minimum atomic E-state index is -0.776. The van der Waals surface area contributed by atoms with E-state index in [0.29, 0.717) is 13.0 Å². The van der Waals surface area contributed by atoms with Gasteiger partial charge >= 0.3 is 5.97 Å². The zero-order valence-corrected chi connectivity index (χ0v) is 14.8. The minimum absolute atomic E-state index is 0.0640. The molecule has 2 aromatic rings. The molecule has 1 aromatic heterocycles. The highest BCUT2D eigenvalue weighted by molar-refractivity contribution is 5.76. The van der Waals surface area contributed by atoms with Gasteiger partial charge in [-0.2, -0.15) is 0 Å². The maximum Gasteiger partial charge on any atom is 0.323 e. The number of aromatic nitrogens is 1. The Labute approximate surface area is 148 Å². The predicted octanol–water partition coefficient (Wildman–Crippen LogP) is 1.25. The molecule has 6 nitrogen and oxygen atoms in total. The standard InChI is InChI=1S/C19H27N3O3/c1-14(2)21-12-16(23)13-25-19(24)17(20)11-15-7-3-4-8-18(15)22-9-5-6-10-22/h3-10,14,16-17,21,23H,11-13,20H2,1-2H3/t16?,17-/m0/s1. The molecule has 0 fully saturated rings. The molecular formula is C19H27N3O3. The first-order chi connectivity index (χ1) is 12.0. The summed E-state index contributed by atoms with van der Waals surface area (Å²) in [4.78, 5) is 12.1. The fourth-order valence-electron chi connectivity index (χ4n) is 2.47. The van der Waals surface area contributed by atoms with Crippen molar-refractivity contribution in [3.05, 3.63) is 54.4 Å². The molecule has 0 amide bonds. The number of aliphatic hydroxyl groups excluding tert-OH is 1. The van der Waals surface area contributed by atoms with Crippen molar-refractivity contribution in [1.29, 1.82) is 0 Å². The van der Waals surface area contributed by atoms with E-state index in [4.69, 9.17) is 10.5 Å². The summed E-state index contributed by atoms with van der Waals surface area (Å²) in [7, 11) is 0. The van der Waals surface area contributed by atoms with Crippen LogP contribution < -0.4 is 11.1 Å². The molecule has 1 unspecified atom stereocenters. The van der Waals surface area contributed by atoms with Gasteiger partial charge in [0.1, 0.15) is 18.8 Å². The first-order valence-electron chi connectivity index (χ1n) is 8.52. The lowest BCUT2D eigenvalue weighted by Crippen LogP contribution is -2.39. The number of hydrogen-bond acceptors (Lipinski definition) is 5. The number of carbonyl (C=O) groups is 1. The van der Waals surface area contributed by atoms with Gasteiger partial charge in [0.15, 0.2) is 0 Å². The van der Waals surface area contributed by atoms with Crippen LogP contribution in [0.5, 0.6) is 0 Å². The summed E-state index contributed by atoms with van der Waals surface area (Å²) in [6.45, 7) is 4.27. The highest BCUT2D eigenvalue weighted by atomic mass is 16.5. The molecule has 0 aliphatic carbocycles. The van der Waals surface area contributed by atoms with Crippen LogP contribution in [-0.4, -0.2) is 47.0 Å². The third-order valence-corrected chi connectivity index (χ3v) is 3.80. The average Bonchev–Trinajstić information content (AvgIpc) is 3.12. The highest BCUT2D eigenvalue weighted by Crippen LogP contribution is 2.16. The molecular weight excluding hydrogens is 318 g/mol. The first kappa shape index (κ1) is 19.2. The molecule has 1 heterocycles. The molecule has 0 radical (unpaired) electrons. The van der Waals surface area contributed by atoms with Crippen LogP contribution in [0.15, 0.2) is 48.8 Å². The molecule has 0 spiro atoms. The molecule has 2 atom stereocenters. The van der Waals surface area contributed by atoms with Gasteiger partial charge in [-0.05, 0) is 23.8 Å². The van der Waals surface area contributed by atoms with Crippen LogP contribution in [0.4, 0.5) is 0 Å². The second kappa shape index (κ2) is 9.36. The molecule has 0 aliphatic rings. The Morgan fingerprint density at radius 3 is 2.60 bits per heavy atom. The number of nitrogens with zero attached hydrogens (tertiary/aromatic N) is 1. The Morgan fingerprint density at radius 1 is 1.24 bits per heavy atom. The van der Waals surface area contributed by atoms with Crippen LogP contribution in [0.3, 0.4) is 0 Å². The van der Waals surface area contributed by atoms with E-state index in [9.17, 15) is 9.90 Å². The quantitative estimate of drug-likeness (QED) is 0.595. The van der Waals surface area contributed by atoms with E-state index in [1.807, 2.05) is 67.2 Å². The number of aliphatic hydroxyl groups is 1. The van der Waals surface area contributed by atoms with E-state index in [1.165, 1.54) is 0 Å². The zero-order chi connectivity index (χ0) is 18.2. The first-order valence-corrected chi connectivity index (χ1v) is 8.52. The molecule has 0 bridgehead atoms. The van der Waals surface area contributed by atoms with Gasteiger partial charge in [0.25, 0.3) is 0 Å². The maximum absolute atomic E-state index is 12.1. The van der Waals surface area contributed by atoms with Crippen molar-refractivity contribution in [1.82, 2.24) is 9.88 Å². The number of para-hydroxylation sites is 1. The number of benzene rings is 1. The zero-order valence-electron chi connectivity index (χ0n) is 14.8. The lowest BCUT2D eigenvalue weighted by Gasteiger charge is -2.17. The normalized spacial score (nSPS) is 13.6. The topological polar surface area (TPSA) is 89.5 Å². The second-order valence-electron chi connectivity index (χ2n) is 6.38. The van der Waals surface area contributed by atoms with Gasteiger partial charge in [0.05, 0.1) is 0 Å². The summed E-state index contributed by atoms with van der Waals surface area (Å²) in [6, 6.07) is 11.2. The Balaban J connectivity index is 1.89. The van der Waals surface area contributed by atoms with Crippen LogP contribution in [0.25, 0.3) is 5.69 Å². The summed E-state index contributed by atoms with van der Waals surface area (Å²) in [6.07, 6.45) is 3.51. The monoisotopic (exact) mass is 345 g/mol. The van der Waals surface area contributed by atoms with Crippen molar-refractivity contribution in [2.24, 2.45) is 5.73 Å². The third kappa shape index (κ3) is 6.01. The molecule has 0 saturated carbocycles. The van der Waals surface area contributed by atoms with Crippen molar-refractivity contribution >= 4 is 5.97 Å². The smallest absolute Gasteiger partial charge is 0.323 e. The maximum atomic E-state index is 12.1. The van der Waals surface area contributed by atoms with E-state index >= 15 is 0 Å². The largest absolute Gasteiger partial charge is 0.462 e. The lowest BCUT2D eigenvalue weighted by molar-refractivity contribution is -0.148. The van der Waals surface area contributed by atoms with E-state index in [1.54, 1.807) is 0 Å². The summed E-state index contributed by atoms with van der Waals surface area (Å²) in [5.41, 5.74) is 7.95. The summed E-state index contributed by atoms with van der Waals surface area (Å²) >= 11 is 0. The Morgan fingerprint density at radius 2 is 1.92 bits per heavy atom. The lowest BCUT2D eigenvalue weighted by atomic mass is 10.0. The number of nitrogens with two attached hydrogens (primary N) is 1. The van der Waals surface area contributed by atoms with E-state index in [2.05, 4.69) is 5.32 Å². The van der Waals surface area contributed by atoms with Crippen LogP contribution in [0.2, 0.25) is 0 Å². The molecule has 4 N–H and O–H groups in total. The Bertz CT molecular complexity index is 656. The van der Waals surface area contributed by atoms with E-state index in [0.717, 1.165) is 11.3 Å². The van der Waals surface area contributed by atoms with Crippen molar-refractivity contribution in [2.75, 3.05) is 13.2 Å². The molecule has 1 aromatic carbocycles. The molecule has 25 heavy (non-hydrogen) atoms. The minimum Gasteiger partial charge on any atom is -0.462 e. The van der Waals surface area contributed by atoms with Gasteiger partial charge in [0, 0.05) is 37.1 Å². The van der Waals surface area contributed by atoms with Crippen LogP contribution >= 0.6 is 0 Å². The van der Waals surface area contributed by atoms with Crippen LogP contribution in [-0.2, 0) is 16.0 Å². The van der Waals surface area contributed by atoms with Crippen LogP contribution in [0.1, 0.15) is 19.4 Å². The Hall–Kier alpha value is -2.15. The van der Waals surface area contributed by atoms with Gasteiger partial charge in [-0.25, -0.2) is 0 Å².